The molecule has 6 unspecified atom stereocenters. The Morgan fingerprint density at radius 3 is 1.43 bits per heavy atom. The lowest BCUT2D eigenvalue weighted by Crippen LogP contribution is -2.64. The first-order valence-corrected chi connectivity index (χ1v) is 22.6. The van der Waals surface area contributed by atoms with Crippen molar-refractivity contribution in [3.63, 3.8) is 0 Å². The Kier molecular flexibility index (Phi) is 30.2. The maximum absolute atomic E-state index is 12.7. The fourth-order valence-electron chi connectivity index (χ4n) is 6.56. The number of hydrogen-bond acceptors (Lipinski definition) is 11. The molecule has 0 spiro atoms. The maximum Gasteiger partial charge on any atom is 0.472 e. The predicted octanol–water partition coefficient (Wildman–Crippen LogP) is 7.93. The number of unbranched alkanes of at least 4 members (excludes halogenated alkanes) is 23. The van der Waals surface area contributed by atoms with Gasteiger partial charge in [-0.3, -0.25) is 13.8 Å². The third kappa shape index (κ3) is 24.9. The van der Waals surface area contributed by atoms with E-state index in [1.165, 1.54) is 122 Å². The lowest BCUT2D eigenvalue weighted by Gasteiger charge is -2.41. The molecule has 314 valence electrons. The summed E-state index contributed by atoms with van der Waals surface area (Å²) in [6, 6.07) is 0. The molecule has 8 atom stereocenters. The second kappa shape index (κ2) is 32.1. The Labute approximate surface area is 320 Å². The van der Waals surface area contributed by atoms with Gasteiger partial charge in [-0.05, 0) is 25.3 Å². The highest BCUT2D eigenvalue weighted by molar-refractivity contribution is 7.47. The number of rotatable bonds is 35. The normalized spacial score (nSPS) is 23.6. The van der Waals surface area contributed by atoms with Crippen LogP contribution in [0.5, 0.6) is 0 Å². The number of ether oxygens (including phenoxy) is 2. The Morgan fingerprint density at radius 2 is 0.981 bits per heavy atom. The minimum atomic E-state index is -5.02. The summed E-state index contributed by atoms with van der Waals surface area (Å²) in [4.78, 5) is 23.0. The van der Waals surface area contributed by atoms with Crippen LogP contribution in [0.3, 0.4) is 0 Å². The predicted molar refractivity (Wildman–Crippen MR) is 207 cm³/mol. The molecule has 1 rings (SSSR count). The van der Waals surface area contributed by atoms with Crippen molar-refractivity contribution < 1.29 is 58.3 Å². The van der Waals surface area contributed by atoms with Crippen LogP contribution in [0.4, 0.5) is 0 Å². The van der Waals surface area contributed by atoms with E-state index in [-0.39, 0.29) is 13.0 Å². The minimum absolute atomic E-state index is 0.155. The maximum atomic E-state index is 12.7. The SMILES string of the molecule is CCCCCCCCCCCCCC/C=C\OC[C@H](COP(=O)(O)OC1C(O)C(O)C(O)[C@@H](O)C1O)OC(=O)CCCCCCCCCCCCCC. The molecule has 6 N–H and O–H groups in total. The third-order valence-corrected chi connectivity index (χ3v) is 11.0. The van der Waals surface area contributed by atoms with Gasteiger partial charge in [0.1, 0.15) is 43.2 Å². The van der Waals surface area contributed by atoms with Gasteiger partial charge in [0, 0.05) is 6.42 Å². The molecule has 0 aliphatic heterocycles. The van der Waals surface area contributed by atoms with Gasteiger partial charge in [0.15, 0.2) is 6.10 Å². The Bertz CT molecular complexity index is 937. The van der Waals surface area contributed by atoms with Gasteiger partial charge >= 0.3 is 13.8 Å². The quantitative estimate of drug-likeness (QED) is 0.0158. The summed E-state index contributed by atoms with van der Waals surface area (Å²) in [6.07, 6.45) is 20.8. The van der Waals surface area contributed by atoms with Gasteiger partial charge in [0.05, 0.1) is 12.9 Å². The van der Waals surface area contributed by atoms with Crippen molar-refractivity contribution in [2.45, 2.75) is 224 Å². The van der Waals surface area contributed by atoms with E-state index in [0.29, 0.717) is 6.42 Å². The molecule has 1 aliphatic carbocycles. The number of phosphoric acid groups is 1. The van der Waals surface area contributed by atoms with Crippen LogP contribution >= 0.6 is 7.82 Å². The van der Waals surface area contributed by atoms with Gasteiger partial charge in [-0.15, -0.1) is 0 Å². The largest absolute Gasteiger partial charge is 0.498 e. The van der Waals surface area contributed by atoms with Crippen LogP contribution in [0.2, 0.25) is 0 Å². The van der Waals surface area contributed by atoms with Crippen LogP contribution < -0.4 is 0 Å². The molecule has 53 heavy (non-hydrogen) atoms. The molecular formula is C40H77O12P. The molecule has 0 radical (unpaired) electrons. The zero-order valence-corrected chi connectivity index (χ0v) is 34.0. The van der Waals surface area contributed by atoms with Crippen molar-refractivity contribution in [3.05, 3.63) is 12.3 Å². The summed E-state index contributed by atoms with van der Waals surface area (Å²) in [5.74, 6) is -0.498. The number of phosphoric ester groups is 1. The average Bonchev–Trinajstić information content (AvgIpc) is 3.14. The first-order chi connectivity index (χ1) is 25.5. The van der Waals surface area contributed by atoms with Gasteiger partial charge in [-0.25, -0.2) is 4.57 Å². The molecule has 0 bridgehead atoms. The molecule has 1 aliphatic rings. The van der Waals surface area contributed by atoms with Crippen LogP contribution in [-0.2, 0) is 27.9 Å². The zero-order chi connectivity index (χ0) is 39.2. The zero-order valence-electron chi connectivity index (χ0n) is 33.1. The van der Waals surface area contributed by atoms with E-state index in [0.717, 1.165) is 38.5 Å². The summed E-state index contributed by atoms with van der Waals surface area (Å²) >= 11 is 0. The number of hydrogen-bond donors (Lipinski definition) is 6. The fourth-order valence-corrected chi connectivity index (χ4v) is 7.53. The van der Waals surface area contributed by atoms with Crippen molar-refractivity contribution in [2.75, 3.05) is 13.2 Å². The second-order valence-electron chi connectivity index (χ2n) is 14.9. The Morgan fingerprint density at radius 1 is 0.585 bits per heavy atom. The van der Waals surface area contributed by atoms with E-state index < -0.39 is 63.1 Å². The third-order valence-electron chi connectivity index (χ3n) is 9.98. The van der Waals surface area contributed by atoms with E-state index in [2.05, 4.69) is 13.8 Å². The molecule has 1 saturated carbocycles. The number of aliphatic hydroxyl groups is 5. The van der Waals surface area contributed by atoms with Crippen molar-refractivity contribution in [1.82, 2.24) is 0 Å². The monoisotopic (exact) mass is 781 g/mol. The van der Waals surface area contributed by atoms with E-state index >= 15 is 0 Å². The van der Waals surface area contributed by atoms with Crippen LogP contribution in [0, 0.1) is 0 Å². The molecule has 12 nitrogen and oxygen atoms in total. The van der Waals surface area contributed by atoms with Gasteiger partial charge < -0.3 is 39.9 Å². The second-order valence-corrected chi connectivity index (χ2v) is 16.3. The molecule has 0 aromatic heterocycles. The highest BCUT2D eigenvalue weighted by atomic mass is 31.2. The summed E-state index contributed by atoms with van der Waals surface area (Å²) in [5.41, 5.74) is 0. The molecule has 1 fully saturated rings. The first kappa shape index (κ1) is 49.9. The van der Waals surface area contributed by atoms with Crippen LogP contribution in [0.1, 0.15) is 181 Å². The summed E-state index contributed by atoms with van der Waals surface area (Å²) in [6.45, 7) is 3.71. The van der Waals surface area contributed by atoms with E-state index in [1.807, 2.05) is 6.08 Å². The number of carbonyl (C=O) groups is 1. The first-order valence-electron chi connectivity index (χ1n) is 21.1. The van der Waals surface area contributed by atoms with Crippen molar-refractivity contribution >= 4 is 13.8 Å². The lowest BCUT2D eigenvalue weighted by molar-refractivity contribution is -0.220. The van der Waals surface area contributed by atoms with E-state index in [1.54, 1.807) is 0 Å². The van der Waals surface area contributed by atoms with Crippen LogP contribution in [-0.4, -0.2) is 92.3 Å². The molecule has 0 heterocycles. The number of allylic oxidation sites excluding steroid dienone is 1. The van der Waals surface area contributed by atoms with Crippen LogP contribution in [0.15, 0.2) is 12.3 Å². The lowest BCUT2D eigenvalue weighted by atomic mass is 9.85. The number of aliphatic hydroxyl groups excluding tert-OH is 5. The molecule has 13 heteroatoms. The highest BCUT2D eigenvalue weighted by Crippen LogP contribution is 2.47. The highest BCUT2D eigenvalue weighted by Gasteiger charge is 2.51. The van der Waals surface area contributed by atoms with Crippen LogP contribution in [0.25, 0.3) is 0 Å². The minimum Gasteiger partial charge on any atom is -0.498 e. The smallest absolute Gasteiger partial charge is 0.472 e. The van der Waals surface area contributed by atoms with Crippen molar-refractivity contribution in [1.29, 1.82) is 0 Å². The standard InChI is InChI=1S/C40H77O12P/c1-3-5-7-9-11-13-15-17-18-20-22-24-26-28-30-49-31-33(51-34(41)29-27-25-23-21-19-16-14-12-10-8-6-4-2)32-50-53(47,48)52-40-38(45)36(43)35(42)37(44)39(40)46/h28,30,33,35-40,42-46H,3-27,29,31-32H2,1-2H3,(H,47,48)/b30-28-/t33-,35?,36-,37?,38?,39?,40?/m1/s1. The summed E-state index contributed by atoms with van der Waals surface area (Å²) in [5, 5.41) is 50.0. The van der Waals surface area contributed by atoms with E-state index in [4.69, 9.17) is 18.5 Å². The van der Waals surface area contributed by atoms with Crippen molar-refractivity contribution in [3.8, 4) is 0 Å². The fraction of sp³-hybridized carbons (Fsp3) is 0.925. The van der Waals surface area contributed by atoms with Crippen molar-refractivity contribution in [2.24, 2.45) is 0 Å². The van der Waals surface area contributed by atoms with Gasteiger partial charge in [0.2, 0.25) is 0 Å². The van der Waals surface area contributed by atoms with Gasteiger partial charge in [-0.2, -0.15) is 0 Å². The Balaban J connectivity index is 2.47. The molecule has 0 saturated heterocycles. The van der Waals surface area contributed by atoms with Gasteiger partial charge in [0.25, 0.3) is 0 Å². The number of carbonyl (C=O) groups excluding carboxylic acids is 1. The summed E-state index contributed by atoms with van der Waals surface area (Å²) in [7, 11) is -5.02. The van der Waals surface area contributed by atoms with Gasteiger partial charge in [-0.1, -0.05) is 155 Å². The molecule has 0 aromatic rings. The molecular weight excluding hydrogens is 703 g/mol. The topological polar surface area (TPSA) is 192 Å². The Hall–Kier alpha value is -1.08. The number of esters is 1. The van der Waals surface area contributed by atoms with E-state index in [9.17, 15) is 39.8 Å². The molecule has 0 aromatic carbocycles. The summed E-state index contributed by atoms with van der Waals surface area (Å²) < 4.78 is 33.8. The average molecular weight is 781 g/mol. The molecule has 0 amide bonds.